The lowest BCUT2D eigenvalue weighted by molar-refractivity contribution is -0.0546. The molecule has 18 heavy (non-hydrogen) atoms. The largest absolute Gasteiger partial charge is 0.490 e. The summed E-state index contributed by atoms with van der Waals surface area (Å²) in [5, 5.41) is 3.60. The van der Waals surface area contributed by atoms with Gasteiger partial charge in [0.2, 0.25) is 0 Å². The van der Waals surface area contributed by atoms with E-state index in [1.54, 1.807) is 0 Å². The molecule has 3 heteroatoms. The second kappa shape index (κ2) is 5.62. The van der Waals surface area contributed by atoms with E-state index >= 15 is 0 Å². The van der Waals surface area contributed by atoms with Gasteiger partial charge in [-0.05, 0) is 37.2 Å². The van der Waals surface area contributed by atoms with E-state index < -0.39 is 0 Å². The molecule has 2 nitrogen and oxygen atoms in total. The van der Waals surface area contributed by atoms with E-state index in [-0.39, 0.29) is 5.41 Å². The van der Waals surface area contributed by atoms with Crippen LogP contribution in [0.5, 0.6) is 5.75 Å². The van der Waals surface area contributed by atoms with Gasteiger partial charge >= 0.3 is 0 Å². The Balaban J connectivity index is 1.90. The van der Waals surface area contributed by atoms with Gasteiger partial charge in [0, 0.05) is 22.4 Å². The Morgan fingerprint density at radius 3 is 2.56 bits per heavy atom. The lowest BCUT2D eigenvalue weighted by Gasteiger charge is -2.51. The number of hydrogen-bond acceptors (Lipinski definition) is 2. The summed E-state index contributed by atoms with van der Waals surface area (Å²) in [5.74, 6) is 0.963. The lowest BCUT2D eigenvalue weighted by atomic mass is 9.64. The van der Waals surface area contributed by atoms with E-state index in [1.165, 1.54) is 6.42 Å². The number of hydrogen-bond donors (Lipinski definition) is 1. The van der Waals surface area contributed by atoms with Crippen LogP contribution in [0.15, 0.2) is 28.7 Å². The Morgan fingerprint density at radius 2 is 2.00 bits per heavy atom. The highest BCUT2D eigenvalue weighted by Gasteiger charge is 2.49. The zero-order valence-corrected chi connectivity index (χ0v) is 13.0. The molecule has 1 aliphatic carbocycles. The monoisotopic (exact) mass is 311 g/mol. The van der Waals surface area contributed by atoms with Crippen LogP contribution in [0.4, 0.5) is 0 Å². The summed E-state index contributed by atoms with van der Waals surface area (Å²) in [7, 11) is 0. The van der Waals surface area contributed by atoms with Gasteiger partial charge in [0.15, 0.2) is 0 Å². The molecule has 2 atom stereocenters. The molecule has 0 spiro atoms. The zero-order valence-electron chi connectivity index (χ0n) is 11.4. The summed E-state index contributed by atoms with van der Waals surface area (Å²) in [6.45, 7) is 7.87. The number of nitrogens with one attached hydrogen (secondary N) is 1. The number of rotatable bonds is 5. The highest BCUT2D eigenvalue weighted by molar-refractivity contribution is 9.10. The molecule has 100 valence electrons. The third-order valence-corrected chi connectivity index (χ3v) is 4.44. The zero-order chi connectivity index (χ0) is 13.2. The van der Waals surface area contributed by atoms with Gasteiger partial charge in [-0.2, -0.15) is 0 Å². The maximum absolute atomic E-state index is 6.07. The van der Waals surface area contributed by atoms with Gasteiger partial charge in [0.1, 0.15) is 11.9 Å². The molecule has 0 amide bonds. The molecule has 1 saturated carbocycles. The van der Waals surface area contributed by atoms with Crippen molar-refractivity contribution in [3.8, 4) is 5.75 Å². The van der Waals surface area contributed by atoms with Gasteiger partial charge in [0.25, 0.3) is 0 Å². The molecule has 0 bridgehead atoms. The lowest BCUT2D eigenvalue weighted by Crippen LogP contribution is -2.62. The second-order valence-corrected chi connectivity index (χ2v) is 6.54. The molecule has 2 unspecified atom stereocenters. The molecule has 1 aromatic rings. The SMILES string of the molecule is CCCNC1CC(Oc2ccc(Br)cc2)C1(C)C. The molecule has 0 heterocycles. The maximum Gasteiger partial charge on any atom is 0.119 e. The normalized spacial score (nSPS) is 25.6. The van der Waals surface area contributed by atoms with E-state index in [9.17, 15) is 0 Å². The Hall–Kier alpha value is -0.540. The predicted octanol–water partition coefficient (Wildman–Crippen LogP) is 3.99. The van der Waals surface area contributed by atoms with Gasteiger partial charge in [-0.1, -0.05) is 36.7 Å². The molecule has 1 aromatic carbocycles. The average molecular weight is 312 g/mol. The van der Waals surface area contributed by atoms with Crippen LogP contribution in [0.1, 0.15) is 33.6 Å². The molecule has 1 aliphatic rings. The van der Waals surface area contributed by atoms with Crippen LogP contribution in [0.25, 0.3) is 0 Å². The van der Waals surface area contributed by atoms with Crippen molar-refractivity contribution in [1.82, 2.24) is 5.32 Å². The third-order valence-electron chi connectivity index (χ3n) is 3.91. The highest BCUT2D eigenvalue weighted by atomic mass is 79.9. The van der Waals surface area contributed by atoms with Gasteiger partial charge in [-0.25, -0.2) is 0 Å². The van der Waals surface area contributed by atoms with E-state index in [1.807, 2.05) is 24.3 Å². The first kappa shape index (κ1) is 13.9. The molecule has 0 aromatic heterocycles. The third kappa shape index (κ3) is 2.89. The Morgan fingerprint density at radius 1 is 1.33 bits per heavy atom. The average Bonchev–Trinajstić information content (AvgIpc) is 2.35. The van der Waals surface area contributed by atoms with Crippen LogP contribution < -0.4 is 10.1 Å². The first-order valence-corrected chi connectivity index (χ1v) is 7.49. The Labute approximate surface area is 118 Å². The predicted molar refractivity (Wildman–Crippen MR) is 79.0 cm³/mol. The summed E-state index contributed by atoms with van der Waals surface area (Å²) in [5.41, 5.74) is 0.211. The van der Waals surface area contributed by atoms with E-state index in [4.69, 9.17) is 4.74 Å². The van der Waals surface area contributed by atoms with Crippen LogP contribution in [-0.2, 0) is 0 Å². The topological polar surface area (TPSA) is 21.3 Å². The molecule has 2 rings (SSSR count). The van der Waals surface area contributed by atoms with Crippen LogP contribution in [0.3, 0.4) is 0 Å². The minimum Gasteiger partial charge on any atom is -0.490 e. The summed E-state index contributed by atoms with van der Waals surface area (Å²) in [6, 6.07) is 8.67. The van der Waals surface area contributed by atoms with Crippen LogP contribution >= 0.6 is 15.9 Å². The van der Waals surface area contributed by atoms with Crippen molar-refractivity contribution in [3.05, 3.63) is 28.7 Å². The second-order valence-electron chi connectivity index (χ2n) is 5.62. The van der Waals surface area contributed by atoms with Gasteiger partial charge in [-0.15, -0.1) is 0 Å². The fourth-order valence-electron chi connectivity index (χ4n) is 2.43. The minimum absolute atomic E-state index is 0.211. The van der Waals surface area contributed by atoms with Gasteiger partial charge in [0.05, 0.1) is 0 Å². The fraction of sp³-hybridized carbons (Fsp3) is 0.600. The molecule has 1 N–H and O–H groups in total. The van der Waals surface area contributed by atoms with Crippen molar-refractivity contribution >= 4 is 15.9 Å². The van der Waals surface area contributed by atoms with Gasteiger partial charge in [-0.3, -0.25) is 0 Å². The number of benzene rings is 1. The van der Waals surface area contributed by atoms with Crippen molar-refractivity contribution in [2.75, 3.05) is 6.54 Å². The van der Waals surface area contributed by atoms with Gasteiger partial charge < -0.3 is 10.1 Å². The summed E-state index contributed by atoms with van der Waals surface area (Å²) < 4.78 is 7.16. The summed E-state index contributed by atoms with van der Waals surface area (Å²) in [6.07, 6.45) is 2.60. The fourth-order valence-corrected chi connectivity index (χ4v) is 2.69. The van der Waals surface area contributed by atoms with Crippen molar-refractivity contribution in [3.63, 3.8) is 0 Å². The van der Waals surface area contributed by atoms with E-state index in [0.717, 1.165) is 23.2 Å². The Kier molecular flexibility index (Phi) is 4.33. The van der Waals surface area contributed by atoms with Crippen molar-refractivity contribution in [1.29, 1.82) is 0 Å². The smallest absolute Gasteiger partial charge is 0.119 e. The molecular formula is C15H22BrNO. The summed E-state index contributed by atoms with van der Waals surface area (Å²) in [4.78, 5) is 0. The number of ether oxygens (including phenoxy) is 1. The summed E-state index contributed by atoms with van der Waals surface area (Å²) >= 11 is 3.44. The molecule has 0 aliphatic heterocycles. The van der Waals surface area contributed by atoms with Crippen molar-refractivity contribution < 1.29 is 4.74 Å². The van der Waals surface area contributed by atoms with E-state index in [0.29, 0.717) is 12.1 Å². The molecule has 0 saturated heterocycles. The standard InChI is InChI=1S/C15H22BrNO/c1-4-9-17-13-10-14(15(13,2)3)18-12-7-5-11(16)6-8-12/h5-8,13-14,17H,4,9-10H2,1-3H3. The maximum atomic E-state index is 6.07. The highest BCUT2D eigenvalue weighted by Crippen LogP contribution is 2.43. The van der Waals surface area contributed by atoms with Crippen molar-refractivity contribution in [2.24, 2.45) is 5.41 Å². The minimum atomic E-state index is 0.211. The van der Waals surface area contributed by atoms with Crippen LogP contribution in [-0.4, -0.2) is 18.7 Å². The number of halogens is 1. The van der Waals surface area contributed by atoms with Crippen LogP contribution in [0, 0.1) is 5.41 Å². The quantitative estimate of drug-likeness (QED) is 0.887. The molecule has 1 fully saturated rings. The molecular weight excluding hydrogens is 290 g/mol. The first-order chi connectivity index (χ1) is 8.54. The molecule has 0 radical (unpaired) electrons. The van der Waals surface area contributed by atoms with Crippen LogP contribution in [0.2, 0.25) is 0 Å². The Bertz CT molecular complexity index is 388. The first-order valence-electron chi connectivity index (χ1n) is 6.69. The van der Waals surface area contributed by atoms with Crippen molar-refractivity contribution in [2.45, 2.75) is 45.8 Å². The van der Waals surface area contributed by atoms with E-state index in [2.05, 4.69) is 42.0 Å².